The molecule has 0 saturated carbocycles. The van der Waals surface area contributed by atoms with E-state index in [9.17, 15) is 22.0 Å². The van der Waals surface area contributed by atoms with Gasteiger partial charge in [0.25, 0.3) is 5.91 Å². The van der Waals surface area contributed by atoms with Crippen molar-refractivity contribution in [3.8, 4) is 5.75 Å². The average molecular weight is 587 g/mol. The van der Waals surface area contributed by atoms with Crippen molar-refractivity contribution in [1.29, 1.82) is 0 Å². The first-order chi connectivity index (χ1) is 19.6. The van der Waals surface area contributed by atoms with Crippen LogP contribution in [0.1, 0.15) is 30.9 Å². The molecule has 1 heterocycles. The summed E-state index contributed by atoms with van der Waals surface area (Å²) in [4.78, 5) is 18.4. The lowest BCUT2D eigenvalue weighted by Crippen LogP contribution is -2.52. The van der Waals surface area contributed by atoms with Crippen LogP contribution in [0.5, 0.6) is 5.75 Å². The second-order valence-electron chi connectivity index (χ2n) is 9.72. The largest absolute Gasteiger partial charge is 0.494 e. The molecule has 1 amide bonds. The van der Waals surface area contributed by atoms with Crippen molar-refractivity contribution in [1.82, 2.24) is 5.32 Å². The number of aliphatic imine (C=N–C) groups is 1. The minimum atomic E-state index is -3.74. The molecule has 0 fully saturated rings. The number of hydrogen-bond donors (Lipinski definition) is 2. The zero-order valence-corrected chi connectivity index (χ0v) is 23.4. The van der Waals surface area contributed by atoms with Gasteiger partial charge in [-0.1, -0.05) is 18.2 Å². The van der Waals surface area contributed by atoms with Gasteiger partial charge >= 0.3 is 0 Å². The minimum Gasteiger partial charge on any atom is -0.494 e. The van der Waals surface area contributed by atoms with Crippen LogP contribution in [-0.2, 0) is 25.8 Å². The zero-order chi connectivity index (χ0) is 29.5. The molecular weight excluding hydrogens is 554 g/mol. The number of rotatable bonds is 13. The van der Waals surface area contributed by atoms with E-state index in [0.29, 0.717) is 29.9 Å². The van der Waals surface area contributed by atoms with Crippen LogP contribution < -0.4 is 10.1 Å². The van der Waals surface area contributed by atoms with Crippen molar-refractivity contribution in [3.63, 3.8) is 0 Å². The predicted molar refractivity (Wildman–Crippen MR) is 150 cm³/mol. The lowest BCUT2D eigenvalue weighted by molar-refractivity contribution is -0.128. The van der Waals surface area contributed by atoms with Gasteiger partial charge in [-0.25, -0.2) is 22.2 Å². The van der Waals surface area contributed by atoms with Gasteiger partial charge in [0.15, 0.2) is 15.4 Å². The van der Waals surface area contributed by atoms with Gasteiger partial charge in [-0.05, 0) is 73.9 Å². The maximum atomic E-state index is 13.7. The van der Waals surface area contributed by atoms with Gasteiger partial charge < -0.3 is 19.9 Å². The van der Waals surface area contributed by atoms with Gasteiger partial charge in [0.05, 0.1) is 17.3 Å². The third-order valence-electron chi connectivity index (χ3n) is 6.80. The molecule has 0 aromatic heterocycles. The minimum absolute atomic E-state index is 0.0177. The van der Waals surface area contributed by atoms with Gasteiger partial charge in [0.1, 0.15) is 23.5 Å². The Bertz CT molecular complexity index is 1460. The summed E-state index contributed by atoms with van der Waals surface area (Å²) in [5.41, 5.74) is -0.632. The molecule has 11 heteroatoms. The Labute approximate surface area is 238 Å². The lowest BCUT2D eigenvalue weighted by Gasteiger charge is -2.28. The normalized spacial score (nSPS) is 18.4. The first-order valence-corrected chi connectivity index (χ1v) is 14.9. The van der Waals surface area contributed by atoms with Gasteiger partial charge in [0.2, 0.25) is 5.90 Å². The van der Waals surface area contributed by atoms with Crippen LogP contribution in [0.4, 0.5) is 8.78 Å². The van der Waals surface area contributed by atoms with Gasteiger partial charge in [0, 0.05) is 31.2 Å². The average Bonchev–Trinajstić information content (AvgIpc) is 3.29. The number of amides is 1. The van der Waals surface area contributed by atoms with Crippen molar-refractivity contribution >= 4 is 21.6 Å². The van der Waals surface area contributed by atoms with E-state index in [4.69, 9.17) is 14.6 Å². The highest BCUT2D eigenvalue weighted by Gasteiger charge is 2.50. The fraction of sp³-hybridized carbons (Fsp3) is 0.333. The fourth-order valence-corrected chi connectivity index (χ4v) is 5.90. The molecular formula is C30H32F2N2O6S. The summed E-state index contributed by atoms with van der Waals surface area (Å²) < 4.78 is 65.0. The molecule has 0 aliphatic carbocycles. The number of nitrogens with one attached hydrogen (secondary N) is 1. The highest BCUT2D eigenvalue weighted by Crippen LogP contribution is 2.33. The number of aliphatic hydroxyl groups excluding tert-OH is 1. The maximum absolute atomic E-state index is 13.7. The summed E-state index contributed by atoms with van der Waals surface area (Å²) in [5, 5.41) is 11.7. The number of halogens is 2. The lowest BCUT2D eigenvalue weighted by atomic mass is 9.90. The summed E-state index contributed by atoms with van der Waals surface area (Å²) in [5.74, 6) is -1.58. The first-order valence-electron chi connectivity index (χ1n) is 13.2. The van der Waals surface area contributed by atoms with E-state index in [1.165, 1.54) is 24.3 Å². The Morgan fingerprint density at radius 1 is 1.07 bits per heavy atom. The molecule has 0 radical (unpaired) electrons. The van der Waals surface area contributed by atoms with E-state index < -0.39 is 39.0 Å². The van der Waals surface area contributed by atoms with Crippen molar-refractivity contribution < 1.29 is 36.6 Å². The molecule has 41 heavy (non-hydrogen) atoms. The number of benzene rings is 3. The van der Waals surface area contributed by atoms with Crippen LogP contribution in [0.25, 0.3) is 0 Å². The molecule has 4 rings (SSSR count). The number of nitrogens with zero attached hydrogens (tertiary/aromatic N) is 1. The quantitative estimate of drug-likeness (QED) is 0.294. The molecule has 1 aliphatic rings. The number of hydrogen-bond acceptors (Lipinski definition) is 7. The highest BCUT2D eigenvalue weighted by molar-refractivity contribution is 7.91. The van der Waals surface area contributed by atoms with Crippen LogP contribution in [0.15, 0.2) is 82.7 Å². The summed E-state index contributed by atoms with van der Waals surface area (Å²) in [6, 6.07) is 17.9. The smallest absolute Gasteiger partial charge is 0.251 e. The summed E-state index contributed by atoms with van der Waals surface area (Å²) in [7, 11) is -3.74. The molecule has 8 nitrogen and oxygen atoms in total. The van der Waals surface area contributed by atoms with Gasteiger partial charge in [-0.3, -0.25) is 4.79 Å². The number of ether oxygens (including phenoxy) is 2. The van der Waals surface area contributed by atoms with E-state index in [2.05, 4.69) is 10.3 Å². The predicted octanol–water partition coefficient (Wildman–Crippen LogP) is 3.85. The van der Waals surface area contributed by atoms with Gasteiger partial charge in [-0.15, -0.1) is 0 Å². The van der Waals surface area contributed by atoms with Crippen LogP contribution in [0, 0.1) is 11.6 Å². The zero-order valence-electron chi connectivity index (χ0n) is 22.6. The molecule has 3 aromatic rings. The highest BCUT2D eigenvalue weighted by atomic mass is 32.2. The first kappa shape index (κ1) is 30.1. The van der Waals surface area contributed by atoms with E-state index in [-0.39, 0.29) is 42.5 Å². The summed E-state index contributed by atoms with van der Waals surface area (Å²) >= 11 is 0. The van der Waals surface area contributed by atoms with Crippen molar-refractivity contribution in [3.05, 3.63) is 95.6 Å². The Balaban J connectivity index is 1.56. The number of carbonyl (C=O) groups is 1. The SMILES string of the molecule is C[C@H]1OC(c2ccc(OCCCO)cc2)=N[C@@]1(CCS(=O)(=O)c1ccccc1)C(=O)NCCc1cc(F)cc(F)c1. The number of aliphatic hydroxyl groups is 1. The standard InChI is InChI=1S/C30H32F2N2O6S/c1-21-30(13-17-41(37,38)27-6-3-2-4-7-27,29(36)33-14-12-22-18-24(31)20-25(32)19-22)34-28(40-21)23-8-10-26(11-9-23)39-16-5-15-35/h2-4,6-11,18-21,35H,5,12-17H2,1H3,(H,33,36)/t21-,30-/m1/s1. The molecule has 0 spiro atoms. The third kappa shape index (κ3) is 7.47. The van der Waals surface area contributed by atoms with Gasteiger partial charge in [-0.2, -0.15) is 0 Å². The van der Waals surface area contributed by atoms with E-state index in [1.54, 1.807) is 49.4 Å². The summed E-state index contributed by atoms with van der Waals surface area (Å²) in [6.45, 7) is 2.07. The van der Waals surface area contributed by atoms with E-state index in [1.807, 2.05) is 0 Å². The Morgan fingerprint density at radius 3 is 2.41 bits per heavy atom. The molecule has 2 N–H and O–H groups in total. The Hall–Kier alpha value is -3.83. The topological polar surface area (TPSA) is 114 Å². The molecule has 0 bridgehead atoms. The van der Waals surface area contributed by atoms with Crippen LogP contribution >= 0.6 is 0 Å². The Morgan fingerprint density at radius 2 is 1.76 bits per heavy atom. The van der Waals surface area contributed by atoms with E-state index in [0.717, 1.165) is 6.07 Å². The van der Waals surface area contributed by atoms with Crippen LogP contribution in [0.3, 0.4) is 0 Å². The molecule has 0 saturated heterocycles. The third-order valence-corrected chi connectivity index (χ3v) is 8.54. The van der Waals surface area contributed by atoms with Crippen molar-refractivity contribution in [2.24, 2.45) is 4.99 Å². The molecule has 0 unspecified atom stereocenters. The fourth-order valence-electron chi connectivity index (χ4n) is 4.52. The van der Waals surface area contributed by atoms with E-state index >= 15 is 0 Å². The van der Waals surface area contributed by atoms with Crippen molar-refractivity contribution in [2.75, 3.05) is 25.5 Å². The monoisotopic (exact) mass is 586 g/mol. The maximum Gasteiger partial charge on any atom is 0.251 e. The Kier molecular flexibility index (Phi) is 9.72. The number of carbonyl (C=O) groups excluding carboxylic acids is 1. The van der Waals surface area contributed by atoms with Crippen molar-refractivity contribution in [2.45, 2.75) is 42.7 Å². The second kappa shape index (κ2) is 13.2. The molecule has 3 aromatic carbocycles. The molecule has 218 valence electrons. The van der Waals surface area contributed by atoms with Crippen LogP contribution in [0.2, 0.25) is 0 Å². The molecule has 2 atom stereocenters. The molecule has 1 aliphatic heterocycles. The van der Waals surface area contributed by atoms with Crippen LogP contribution in [-0.4, -0.2) is 62.5 Å². The second-order valence-corrected chi connectivity index (χ2v) is 11.8. The summed E-state index contributed by atoms with van der Waals surface area (Å²) in [6.07, 6.45) is -0.317. The number of sulfone groups is 1.